The molecule has 0 aromatic carbocycles. The number of aliphatic carboxylic acids is 3. The first kappa shape index (κ1) is 30.5. The van der Waals surface area contributed by atoms with Crippen LogP contribution in [0.5, 0.6) is 0 Å². The van der Waals surface area contributed by atoms with Gasteiger partial charge in [0.25, 0.3) is 0 Å². The van der Waals surface area contributed by atoms with E-state index in [1.165, 1.54) is 20.8 Å². The van der Waals surface area contributed by atoms with Gasteiger partial charge in [-0.3, -0.25) is 0 Å². The summed E-state index contributed by atoms with van der Waals surface area (Å²) in [6.07, 6.45) is 2.28. The van der Waals surface area contributed by atoms with E-state index in [0.717, 1.165) is 26.1 Å². The first-order chi connectivity index (χ1) is 11.3. The molecule has 7 nitrogen and oxygen atoms in total. The molecule has 146 valence electrons. The first-order valence-electron chi connectivity index (χ1n) is 7.59. The van der Waals surface area contributed by atoms with Gasteiger partial charge in [-0.05, 0) is 33.6 Å². The van der Waals surface area contributed by atoms with E-state index in [0.29, 0.717) is 0 Å². The summed E-state index contributed by atoms with van der Waals surface area (Å²) in [5, 5.41) is 23.7. The second-order valence-electron chi connectivity index (χ2n) is 4.87. The molecule has 0 spiro atoms. The van der Waals surface area contributed by atoms with Gasteiger partial charge in [-0.2, -0.15) is 0 Å². The van der Waals surface area contributed by atoms with Crippen molar-refractivity contribution in [1.29, 1.82) is 0 Å². The molecule has 0 aromatic rings. The molecule has 0 aliphatic carbocycles. The number of carboxylic acids is 3. The minimum absolute atomic E-state index is 0.176. The Labute approximate surface area is 150 Å². The lowest BCUT2D eigenvalue weighted by molar-refractivity contribution is -0.133. The van der Waals surface area contributed by atoms with Gasteiger partial charge < -0.3 is 20.1 Å². The Kier molecular flexibility index (Phi) is 26.3. The van der Waals surface area contributed by atoms with E-state index in [2.05, 4.69) is 33.6 Å². The van der Waals surface area contributed by atoms with Gasteiger partial charge in [0.1, 0.15) is 0 Å². The highest BCUT2D eigenvalue weighted by molar-refractivity contribution is 5.85. The van der Waals surface area contributed by atoms with Crippen LogP contribution in [-0.2, 0) is 19.1 Å². The number of rotatable bonds is 7. The van der Waals surface area contributed by atoms with Crippen molar-refractivity contribution in [1.82, 2.24) is 0 Å². The SMILES string of the molecule is C=C(C)C(=O)O.C=C(C)C(=O)O.C=C(C)C(=O)O.CCCOCCC. The Balaban J connectivity index is -0.000000118. The van der Waals surface area contributed by atoms with E-state index < -0.39 is 17.9 Å². The maximum absolute atomic E-state index is 9.60. The zero-order valence-corrected chi connectivity index (χ0v) is 15.9. The third-order valence-electron chi connectivity index (χ3n) is 1.79. The summed E-state index contributed by atoms with van der Waals surface area (Å²) < 4.78 is 5.13. The van der Waals surface area contributed by atoms with Crippen molar-refractivity contribution in [2.24, 2.45) is 0 Å². The van der Waals surface area contributed by atoms with Gasteiger partial charge in [-0.25, -0.2) is 14.4 Å². The third kappa shape index (κ3) is 44.9. The number of carboxylic acid groups (broad SMARTS) is 3. The summed E-state index contributed by atoms with van der Waals surface area (Å²) in [4.78, 5) is 28.8. The van der Waals surface area contributed by atoms with Crippen LogP contribution in [-0.4, -0.2) is 46.4 Å². The molecule has 0 fully saturated rings. The molecule has 7 heteroatoms. The molecule has 3 N–H and O–H groups in total. The van der Waals surface area contributed by atoms with Crippen LogP contribution in [0.3, 0.4) is 0 Å². The minimum atomic E-state index is -0.935. The molecule has 0 atom stereocenters. The molecular weight excluding hydrogens is 328 g/mol. The highest BCUT2D eigenvalue weighted by atomic mass is 16.5. The lowest BCUT2D eigenvalue weighted by atomic mass is 10.4. The molecule has 0 aliphatic heterocycles. The van der Waals surface area contributed by atoms with Crippen molar-refractivity contribution in [3.05, 3.63) is 36.5 Å². The minimum Gasteiger partial charge on any atom is -0.478 e. The van der Waals surface area contributed by atoms with Crippen LogP contribution in [0.1, 0.15) is 47.5 Å². The molecular formula is C18H32O7. The van der Waals surface area contributed by atoms with Gasteiger partial charge in [0.05, 0.1) is 0 Å². The lowest BCUT2D eigenvalue weighted by Crippen LogP contribution is -1.92. The van der Waals surface area contributed by atoms with Crippen molar-refractivity contribution in [3.63, 3.8) is 0 Å². The summed E-state index contributed by atoms with van der Waals surface area (Å²) in [5.74, 6) is -2.81. The first-order valence-corrected chi connectivity index (χ1v) is 7.59. The molecule has 0 bridgehead atoms. The number of carbonyl (C=O) groups is 3. The molecule has 0 saturated carbocycles. The summed E-state index contributed by atoms with van der Waals surface area (Å²) in [7, 11) is 0. The molecule has 0 amide bonds. The predicted octanol–water partition coefficient (Wildman–Crippen LogP) is 3.76. The zero-order chi connectivity index (χ0) is 21.0. The van der Waals surface area contributed by atoms with Crippen LogP contribution >= 0.6 is 0 Å². The fourth-order valence-electron chi connectivity index (χ4n) is 0.391. The Morgan fingerprint density at radius 2 is 0.840 bits per heavy atom. The molecule has 25 heavy (non-hydrogen) atoms. The van der Waals surface area contributed by atoms with Gasteiger partial charge in [0, 0.05) is 29.9 Å². The summed E-state index contributed by atoms with van der Waals surface area (Å²) >= 11 is 0. The van der Waals surface area contributed by atoms with Crippen molar-refractivity contribution >= 4 is 17.9 Å². The van der Waals surface area contributed by atoms with E-state index >= 15 is 0 Å². The second-order valence-corrected chi connectivity index (χ2v) is 4.87. The number of hydrogen-bond donors (Lipinski definition) is 3. The molecule has 0 aliphatic rings. The molecule has 0 heterocycles. The van der Waals surface area contributed by atoms with Gasteiger partial charge in [0.15, 0.2) is 0 Å². The van der Waals surface area contributed by atoms with Crippen LogP contribution in [0.4, 0.5) is 0 Å². The molecule has 0 aromatic heterocycles. The van der Waals surface area contributed by atoms with Crippen molar-refractivity contribution < 1.29 is 34.4 Å². The molecule has 0 radical (unpaired) electrons. The van der Waals surface area contributed by atoms with Crippen LogP contribution in [0.25, 0.3) is 0 Å². The smallest absolute Gasteiger partial charge is 0.330 e. The standard InChI is InChI=1S/C6H14O.3C4H6O2/c1-3-5-7-6-4-2;3*1-3(2)4(5)6/h3-6H2,1-2H3;3*1H2,2H3,(H,5,6). The fraction of sp³-hybridized carbons (Fsp3) is 0.500. The molecule has 0 saturated heterocycles. The third-order valence-corrected chi connectivity index (χ3v) is 1.79. The largest absolute Gasteiger partial charge is 0.478 e. The van der Waals surface area contributed by atoms with Crippen LogP contribution in [0.2, 0.25) is 0 Å². The highest BCUT2D eigenvalue weighted by Crippen LogP contribution is 1.82. The second kappa shape index (κ2) is 21.6. The Hall–Kier alpha value is -2.41. The zero-order valence-electron chi connectivity index (χ0n) is 15.9. The normalized spacial score (nSPS) is 8.04. The van der Waals surface area contributed by atoms with Crippen LogP contribution < -0.4 is 0 Å². The monoisotopic (exact) mass is 360 g/mol. The lowest BCUT2D eigenvalue weighted by Gasteiger charge is -1.95. The van der Waals surface area contributed by atoms with Gasteiger partial charge in [0.2, 0.25) is 0 Å². The van der Waals surface area contributed by atoms with Crippen molar-refractivity contribution in [2.45, 2.75) is 47.5 Å². The Morgan fingerprint density at radius 1 is 0.680 bits per heavy atom. The highest BCUT2D eigenvalue weighted by Gasteiger charge is 1.91. The maximum Gasteiger partial charge on any atom is 0.330 e. The number of ether oxygens (including phenoxy) is 1. The average Bonchev–Trinajstić information content (AvgIpc) is 2.49. The Bertz CT molecular complexity index is 340. The van der Waals surface area contributed by atoms with Gasteiger partial charge in [-0.15, -0.1) is 0 Å². The van der Waals surface area contributed by atoms with Gasteiger partial charge >= 0.3 is 17.9 Å². The maximum atomic E-state index is 9.60. The van der Waals surface area contributed by atoms with E-state index in [1.54, 1.807) is 0 Å². The van der Waals surface area contributed by atoms with Crippen LogP contribution in [0, 0.1) is 0 Å². The van der Waals surface area contributed by atoms with E-state index in [1.807, 2.05) is 0 Å². The Morgan fingerprint density at radius 3 is 0.920 bits per heavy atom. The van der Waals surface area contributed by atoms with Crippen molar-refractivity contribution in [2.75, 3.05) is 13.2 Å². The summed E-state index contributed by atoms with van der Waals surface area (Å²) in [6, 6.07) is 0. The molecule has 0 rings (SSSR count). The van der Waals surface area contributed by atoms with E-state index in [4.69, 9.17) is 20.1 Å². The van der Waals surface area contributed by atoms with Crippen LogP contribution in [0.15, 0.2) is 36.5 Å². The summed E-state index contributed by atoms with van der Waals surface area (Å²) in [5.41, 5.74) is 0.528. The quantitative estimate of drug-likeness (QED) is 0.467. The number of hydrogen-bond acceptors (Lipinski definition) is 4. The fourth-order valence-corrected chi connectivity index (χ4v) is 0.391. The van der Waals surface area contributed by atoms with Crippen molar-refractivity contribution in [3.8, 4) is 0 Å². The van der Waals surface area contributed by atoms with Gasteiger partial charge in [-0.1, -0.05) is 33.6 Å². The summed E-state index contributed by atoms with van der Waals surface area (Å²) in [6.45, 7) is 19.9. The predicted molar refractivity (Wildman–Crippen MR) is 98.8 cm³/mol. The van der Waals surface area contributed by atoms with E-state index in [-0.39, 0.29) is 16.7 Å². The average molecular weight is 360 g/mol. The molecule has 0 unspecified atom stereocenters. The topological polar surface area (TPSA) is 121 Å². The van der Waals surface area contributed by atoms with E-state index in [9.17, 15) is 14.4 Å².